The maximum Gasteiger partial charge on any atom is 0.0392 e. The Bertz CT molecular complexity index is 730. The van der Waals surface area contributed by atoms with Gasteiger partial charge in [-0.1, -0.05) is 88.2 Å². The molecular weight excluding hydrogens is 292 g/mol. The monoisotopic (exact) mass is 317 g/mol. The van der Waals surface area contributed by atoms with E-state index in [9.17, 15) is 0 Å². The molecule has 3 rings (SSSR count). The minimum Gasteiger partial charge on any atom is -0.0657 e. The zero-order valence-electron chi connectivity index (χ0n) is 14.6. The van der Waals surface area contributed by atoms with Gasteiger partial charge < -0.3 is 0 Å². The van der Waals surface area contributed by atoms with Crippen molar-refractivity contribution in [2.45, 2.75) is 51.5 Å². The molecule has 0 saturated carbocycles. The molecule has 3 radical (unpaired) electrons. The molecule has 1 unspecified atom stereocenters. The summed E-state index contributed by atoms with van der Waals surface area (Å²) in [4.78, 5) is 0. The maximum atomic E-state index is 3.94. The van der Waals surface area contributed by atoms with Crippen LogP contribution in [-0.2, 0) is 5.41 Å². The summed E-state index contributed by atoms with van der Waals surface area (Å²) in [6.07, 6.45) is 4.74. The van der Waals surface area contributed by atoms with Crippen molar-refractivity contribution in [3.05, 3.63) is 64.7 Å². The van der Waals surface area contributed by atoms with E-state index in [0.717, 1.165) is 6.42 Å². The van der Waals surface area contributed by atoms with E-state index in [1.807, 2.05) is 0 Å². The van der Waals surface area contributed by atoms with Gasteiger partial charge in [0.1, 0.15) is 0 Å². The largest absolute Gasteiger partial charge is 0.0657 e. The average molecular weight is 318 g/mol. The third kappa shape index (κ3) is 3.07. The van der Waals surface area contributed by atoms with Crippen molar-refractivity contribution < 1.29 is 0 Å². The molecule has 1 aliphatic rings. The van der Waals surface area contributed by atoms with Crippen LogP contribution in [0.5, 0.6) is 0 Å². The molecule has 0 amide bonds. The van der Waals surface area contributed by atoms with Gasteiger partial charge in [0, 0.05) is 10.2 Å². The van der Waals surface area contributed by atoms with Crippen LogP contribution < -0.4 is 0 Å². The molecule has 2 aromatic rings. The van der Waals surface area contributed by atoms with Crippen molar-refractivity contribution in [1.29, 1.82) is 0 Å². The van der Waals surface area contributed by atoms with Gasteiger partial charge in [0.05, 0.1) is 0 Å². The highest BCUT2D eigenvalue weighted by Gasteiger charge is 2.23. The zero-order valence-corrected chi connectivity index (χ0v) is 15.6. The van der Waals surface area contributed by atoms with Crippen LogP contribution in [0.15, 0.2) is 48.0 Å². The summed E-state index contributed by atoms with van der Waals surface area (Å²) in [5, 5.41) is 0. The van der Waals surface area contributed by atoms with Gasteiger partial charge in [0.2, 0.25) is 0 Å². The van der Waals surface area contributed by atoms with Crippen molar-refractivity contribution in [3.8, 4) is 11.1 Å². The van der Waals surface area contributed by atoms with Gasteiger partial charge in [0.25, 0.3) is 0 Å². The number of benzene rings is 2. The highest BCUT2D eigenvalue weighted by molar-refractivity contribution is 6.16. The summed E-state index contributed by atoms with van der Waals surface area (Å²) in [6.45, 7) is 9.03. The van der Waals surface area contributed by atoms with E-state index in [4.69, 9.17) is 0 Å². The summed E-state index contributed by atoms with van der Waals surface area (Å²) < 4.78 is 0. The number of hydrogen-bond donors (Lipinski definition) is 0. The second kappa shape index (κ2) is 6.12. The van der Waals surface area contributed by atoms with E-state index in [1.165, 1.54) is 39.8 Å². The fourth-order valence-electron chi connectivity index (χ4n) is 3.37. The lowest BCUT2D eigenvalue weighted by molar-refractivity contribution is 0.590. The first-order valence-electron chi connectivity index (χ1n) is 8.57. The Morgan fingerprint density at radius 1 is 1.00 bits per heavy atom. The van der Waals surface area contributed by atoms with Crippen LogP contribution in [0.3, 0.4) is 0 Å². The fraction of sp³-hybridized carbons (Fsp3) is 0.364. The van der Waals surface area contributed by atoms with Gasteiger partial charge in [-0.25, -0.2) is 0 Å². The van der Waals surface area contributed by atoms with Crippen molar-refractivity contribution >= 4 is 16.3 Å². The molecule has 0 aliphatic heterocycles. The van der Waals surface area contributed by atoms with Gasteiger partial charge in [-0.05, 0) is 45.2 Å². The third-order valence-corrected chi connectivity index (χ3v) is 5.43. The fourth-order valence-corrected chi connectivity index (χ4v) is 3.85. The molecule has 1 aliphatic carbocycles. The SMILES string of the molecule is CCCC1=Cc2c(-c3ccc(C(C)(C)C)cc3)cccc2C1[Si]. The third-order valence-electron chi connectivity index (χ3n) is 4.75. The van der Waals surface area contributed by atoms with Gasteiger partial charge >= 0.3 is 0 Å². The van der Waals surface area contributed by atoms with Gasteiger partial charge in [0.15, 0.2) is 0 Å². The summed E-state index contributed by atoms with van der Waals surface area (Å²) in [5.74, 6) is 0. The Kier molecular flexibility index (Phi) is 4.33. The Morgan fingerprint density at radius 3 is 2.30 bits per heavy atom. The van der Waals surface area contributed by atoms with E-state index in [0.29, 0.717) is 5.54 Å². The molecule has 23 heavy (non-hydrogen) atoms. The molecule has 1 atom stereocenters. The minimum absolute atomic E-state index is 0.200. The van der Waals surface area contributed by atoms with Crippen LogP contribution in [0.1, 0.15) is 62.8 Å². The van der Waals surface area contributed by atoms with Crippen LogP contribution in [0.4, 0.5) is 0 Å². The lowest BCUT2D eigenvalue weighted by atomic mass is 9.86. The topological polar surface area (TPSA) is 0 Å². The van der Waals surface area contributed by atoms with E-state index in [2.05, 4.69) is 86.5 Å². The molecule has 2 aromatic carbocycles. The van der Waals surface area contributed by atoms with Crippen molar-refractivity contribution in [1.82, 2.24) is 0 Å². The molecule has 0 aromatic heterocycles. The molecule has 0 N–H and O–H groups in total. The van der Waals surface area contributed by atoms with Crippen LogP contribution in [-0.4, -0.2) is 10.2 Å². The number of hydrogen-bond acceptors (Lipinski definition) is 0. The lowest BCUT2D eigenvalue weighted by Gasteiger charge is -2.19. The van der Waals surface area contributed by atoms with E-state index in [1.54, 1.807) is 0 Å². The number of fused-ring (bicyclic) bond motifs is 1. The van der Waals surface area contributed by atoms with E-state index in [-0.39, 0.29) is 5.41 Å². The minimum atomic E-state index is 0.200. The summed E-state index contributed by atoms with van der Waals surface area (Å²) in [6, 6.07) is 15.8. The Hall–Kier alpha value is -1.60. The van der Waals surface area contributed by atoms with Crippen LogP contribution in [0.2, 0.25) is 0 Å². The number of rotatable bonds is 3. The zero-order chi connectivity index (χ0) is 16.6. The summed E-state index contributed by atoms with van der Waals surface area (Å²) >= 11 is 0. The normalized spacial score (nSPS) is 17.1. The molecule has 0 fully saturated rings. The van der Waals surface area contributed by atoms with Crippen molar-refractivity contribution in [2.75, 3.05) is 0 Å². The van der Waals surface area contributed by atoms with E-state index < -0.39 is 0 Å². The summed E-state index contributed by atoms with van der Waals surface area (Å²) in [7, 11) is 3.94. The smallest absolute Gasteiger partial charge is 0.0392 e. The van der Waals surface area contributed by atoms with Crippen molar-refractivity contribution in [2.24, 2.45) is 0 Å². The van der Waals surface area contributed by atoms with Gasteiger partial charge in [-0.3, -0.25) is 0 Å². The molecular formula is C22H25Si. The van der Waals surface area contributed by atoms with Gasteiger partial charge in [-0.2, -0.15) is 0 Å². The molecule has 0 saturated heterocycles. The molecule has 0 spiro atoms. The predicted molar refractivity (Wildman–Crippen MR) is 102 cm³/mol. The average Bonchev–Trinajstić information content (AvgIpc) is 2.84. The molecule has 0 nitrogen and oxygen atoms in total. The summed E-state index contributed by atoms with van der Waals surface area (Å²) in [5.41, 5.74) is 8.90. The molecule has 117 valence electrons. The first-order valence-corrected chi connectivity index (χ1v) is 9.15. The predicted octanol–water partition coefficient (Wildman–Crippen LogP) is 6.06. The van der Waals surface area contributed by atoms with Crippen LogP contribution in [0, 0.1) is 0 Å². The van der Waals surface area contributed by atoms with Crippen LogP contribution in [0.25, 0.3) is 17.2 Å². The maximum absolute atomic E-state index is 3.94. The standard InChI is InChI=1S/C22H25Si/c1-5-7-16-14-20-18(8-6-9-19(20)21(16)23)15-10-12-17(13-11-15)22(2,3)4/h6,8-14,21H,5,7H2,1-4H3. The van der Waals surface area contributed by atoms with Crippen molar-refractivity contribution in [3.63, 3.8) is 0 Å². The molecule has 0 bridgehead atoms. The second-order valence-electron chi connectivity index (χ2n) is 7.54. The molecule has 1 heteroatoms. The highest BCUT2D eigenvalue weighted by atomic mass is 28.1. The Morgan fingerprint density at radius 2 is 1.70 bits per heavy atom. The lowest BCUT2D eigenvalue weighted by Crippen LogP contribution is -2.10. The second-order valence-corrected chi connectivity index (χ2v) is 8.12. The Balaban J connectivity index is 2.03. The van der Waals surface area contributed by atoms with Crippen LogP contribution >= 0.6 is 0 Å². The van der Waals surface area contributed by atoms with E-state index >= 15 is 0 Å². The van der Waals surface area contributed by atoms with Gasteiger partial charge in [-0.15, -0.1) is 0 Å². The number of allylic oxidation sites excluding steroid dienone is 1. The molecule has 0 heterocycles. The first-order chi connectivity index (χ1) is 10.9. The Labute approximate surface area is 144 Å². The quantitative estimate of drug-likeness (QED) is 0.604. The first kappa shape index (κ1) is 16.3. The highest BCUT2D eigenvalue weighted by Crippen LogP contribution is 2.41.